The zero-order chi connectivity index (χ0) is 15.4. The first kappa shape index (κ1) is 15.4. The maximum atomic E-state index is 12.4. The third-order valence-corrected chi connectivity index (χ3v) is 3.82. The summed E-state index contributed by atoms with van der Waals surface area (Å²) < 4.78 is 4.90. The van der Waals surface area contributed by atoms with E-state index < -0.39 is 0 Å². The minimum atomic E-state index is -0.309. The van der Waals surface area contributed by atoms with Crippen molar-refractivity contribution in [3.63, 3.8) is 0 Å². The number of nitrogens with zero attached hydrogens (tertiary/aromatic N) is 1. The van der Waals surface area contributed by atoms with Crippen molar-refractivity contribution in [2.24, 2.45) is 0 Å². The van der Waals surface area contributed by atoms with Gasteiger partial charge >= 0.3 is 12.0 Å². The van der Waals surface area contributed by atoms with Gasteiger partial charge in [0.15, 0.2) is 0 Å². The number of hydrogen-bond acceptors (Lipinski definition) is 3. The van der Waals surface area contributed by atoms with Crippen LogP contribution < -0.4 is 10.2 Å². The Morgan fingerprint density at radius 2 is 2.10 bits per heavy atom. The SMILES string of the molecule is CCCNC(=O)N1c2ccccc2C(C(=O)OC)CC1C. The number of rotatable bonds is 3. The highest BCUT2D eigenvalue weighted by Crippen LogP contribution is 2.38. The van der Waals surface area contributed by atoms with E-state index in [4.69, 9.17) is 4.74 Å². The van der Waals surface area contributed by atoms with Crippen LogP contribution in [-0.4, -0.2) is 31.7 Å². The summed E-state index contributed by atoms with van der Waals surface area (Å²) in [6.45, 7) is 4.61. The van der Waals surface area contributed by atoms with Crippen LogP contribution in [0, 0.1) is 0 Å². The van der Waals surface area contributed by atoms with Gasteiger partial charge in [-0.15, -0.1) is 0 Å². The van der Waals surface area contributed by atoms with Crippen LogP contribution in [0.3, 0.4) is 0 Å². The molecule has 0 fully saturated rings. The molecular weight excluding hydrogens is 268 g/mol. The van der Waals surface area contributed by atoms with Crippen LogP contribution in [0.1, 0.15) is 38.2 Å². The van der Waals surface area contributed by atoms with Gasteiger partial charge in [0.05, 0.1) is 13.0 Å². The molecule has 5 nitrogen and oxygen atoms in total. The van der Waals surface area contributed by atoms with Gasteiger partial charge in [0.25, 0.3) is 0 Å². The van der Waals surface area contributed by atoms with Crippen LogP contribution in [-0.2, 0) is 9.53 Å². The van der Waals surface area contributed by atoms with Crippen molar-refractivity contribution in [1.29, 1.82) is 0 Å². The Bertz CT molecular complexity index is 530. The zero-order valence-corrected chi connectivity index (χ0v) is 12.8. The second-order valence-corrected chi connectivity index (χ2v) is 5.32. The normalized spacial score (nSPS) is 20.6. The maximum absolute atomic E-state index is 12.4. The summed E-state index contributed by atoms with van der Waals surface area (Å²) in [6.07, 6.45) is 1.46. The molecule has 2 rings (SSSR count). The van der Waals surface area contributed by atoms with Crippen LogP contribution in [0.25, 0.3) is 0 Å². The van der Waals surface area contributed by atoms with E-state index in [1.165, 1.54) is 7.11 Å². The van der Waals surface area contributed by atoms with Crippen molar-refractivity contribution >= 4 is 17.7 Å². The summed E-state index contributed by atoms with van der Waals surface area (Å²) in [5, 5.41) is 2.90. The van der Waals surface area contributed by atoms with Gasteiger partial charge in [-0.25, -0.2) is 4.79 Å². The fraction of sp³-hybridized carbons (Fsp3) is 0.500. The number of anilines is 1. The second-order valence-electron chi connectivity index (χ2n) is 5.32. The quantitative estimate of drug-likeness (QED) is 0.871. The molecule has 1 heterocycles. The molecular formula is C16H22N2O3. The lowest BCUT2D eigenvalue weighted by Gasteiger charge is -2.38. The molecule has 1 N–H and O–H groups in total. The lowest BCUT2D eigenvalue weighted by molar-refractivity contribution is -0.142. The molecule has 2 unspecified atom stereocenters. The molecule has 1 aliphatic rings. The van der Waals surface area contributed by atoms with E-state index in [2.05, 4.69) is 5.32 Å². The Morgan fingerprint density at radius 3 is 2.76 bits per heavy atom. The highest BCUT2D eigenvalue weighted by Gasteiger charge is 2.37. The predicted molar refractivity (Wildman–Crippen MR) is 81.4 cm³/mol. The van der Waals surface area contributed by atoms with Gasteiger partial charge in [-0.1, -0.05) is 25.1 Å². The van der Waals surface area contributed by atoms with E-state index in [1.54, 1.807) is 4.90 Å². The summed E-state index contributed by atoms with van der Waals surface area (Å²) >= 11 is 0. The number of methoxy groups -OCH3 is 1. The highest BCUT2D eigenvalue weighted by atomic mass is 16.5. The van der Waals surface area contributed by atoms with E-state index in [9.17, 15) is 9.59 Å². The molecule has 0 aromatic heterocycles. The number of benzene rings is 1. The molecule has 1 aromatic rings. The van der Waals surface area contributed by atoms with Crippen molar-refractivity contribution in [2.45, 2.75) is 38.6 Å². The van der Waals surface area contributed by atoms with Gasteiger partial charge in [0.2, 0.25) is 0 Å². The summed E-state index contributed by atoms with van der Waals surface area (Å²) in [4.78, 5) is 26.1. The molecule has 5 heteroatoms. The predicted octanol–water partition coefficient (Wildman–Crippen LogP) is 2.66. The number of para-hydroxylation sites is 1. The van der Waals surface area contributed by atoms with E-state index in [-0.39, 0.29) is 24.0 Å². The molecule has 21 heavy (non-hydrogen) atoms. The summed E-state index contributed by atoms with van der Waals surface area (Å²) in [5.41, 5.74) is 1.65. The van der Waals surface area contributed by atoms with Gasteiger partial charge in [-0.3, -0.25) is 9.69 Å². The first-order chi connectivity index (χ1) is 10.1. The Balaban J connectivity index is 2.36. The third kappa shape index (κ3) is 3.01. The van der Waals surface area contributed by atoms with Crippen molar-refractivity contribution in [3.8, 4) is 0 Å². The minimum absolute atomic E-state index is 0.0548. The van der Waals surface area contributed by atoms with Crippen molar-refractivity contribution in [2.75, 3.05) is 18.6 Å². The smallest absolute Gasteiger partial charge is 0.322 e. The Labute approximate surface area is 125 Å². The van der Waals surface area contributed by atoms with Gasteiger partial charge in [0, 0.05) is 18.3 Å². The van der Waals surface area contributed by atoms with Crippen LogP contribution in [0.4, 0.5) is 10.5 Å². The number of hydrogen-bond donors (Lipinski definition) is 1. The number of nitrogens with one attached hydrogen (secondary N) is 1. The molecule has 1 aromatic carbocycles. The highest BCUT2D eigenvalue weighted by molar-refractivity contribution is 5.96. The van der Waals surface area contributed by atoms with Crippen LogP contribution >= 0.6 is 0 Å². The number of fused-ring (bicyclic) bond motifs is 1. The van der Waals surface area contributed by atoms with E-state index in [1.807, 2.05) is 38.1 Å². The lowest BCUT2D eigenvalue weighted by Crippen LogP contribution is -2.49. The molecule has 0 bridgehead atoms. The maximum Gasteiger partial charge on any atom is 0.322 e. The number of carbonyl (C=O) groups is 2. The summed E-state index contributed by atoms with van der Waals surface area (Å²) in [7, 11) is 1.40. The first-order valence-electron chi connectivity index (χ1n) is 7.34. The summed E-state index contributed by atoms with van der Waals surface area (Å²) in [6, 6.07) is 7.37. The molecule has 0 radical (unpaired) electrons. The topological polar surface area (TPSA) is 58.6 Å². The van der Waals surface area contributed by atoms with Crippen molar-refractivity contribution in [3.05, 3.63) is 29.8 Å². The van der Waals surface area contributed by atoms with Crippen molar-refractivity contribution in [1.82, 2.24) is 5.32 Å². The number of ether oxygens (including phenoxy) is 1. The van der Waals surface area contributed by atoms with E-state index in [0.717, 1.165) is 17.7 Å². The average Bonchev–Trinajstić information content (AvgIpc) is 2.51. The van der Waals surface area contributed by atoms with E-state index >= 15 is 0 Å². The van der Waals surface area contributed by atoms with Gasteiger partial charge in [-0.2, -0.15) is 0 Å². The largest absolute Gasteiger partial charge is 0.469 e. The molecule has 0 aliphatic carbocycles. The Kier molecular flexibility index (Phi) is 4.83. The third-order valence-electron chi connectivity index (χ3n) is 3.82. The second kappa shape index (κ2) is 6.61. The van der Waals surface area contributed by atoms with Crippen molar-refractivity contribution < 1.29 is 14.3 Å². The zero-order valence-electron chi connectivity index (χ0n) is 12.8. The van der Waals surface area contributed by atoms with Crippen LogP contribution in [0.5, 0.6) is 0 Å². The Morgan fingerprint density at radius 1 is 1.38 bits per heavy atom. The van der Waals surface area contributed by atoms with Gasteiger partial charge in [0.1, 0.15) is 0 Å². The number of carbonyl (C=O) groups excluding carboxylic acids is 2. The number of esters is 1. The molecule has 1 aliphatic heterocycles. The van der Waals surface area contributed by atoms with Crippen LogP contribution in [0.2, 0.25) is 0 Å². The summed E-state index contributed by atoms with van der Waals surface area (Å²) in [5.74, 6) is -0.556. The fourth-order valence-electron chi connectivity index (χ4n) is 2.80. The number of urea groups is 1. The molecule has 0 spiro atoms. The molecule has 114 valence electrons. The number of amides is 2. The first-order valence-corrected chi connectivity index (χ1v) is 7.34. The molecule has 2 amide bonds. The Hall–Kier alpha value is -2.04. The monoisotopic (exact) mass is 290 g/mol. The fourth-order valence-corrected chi connectivity index (χ4v) is 2.80. The van der Waals surface area contributed by atoms with Gasteiger partial charge in [-0.05, 0) is 31.4 Å². The molecule has 0 saturated carbocycles. The average molecular weight is 290 g/mol. The molecule has 2 atom stereocenters. The molecule has 0 saturated heterocycles. The van der Waals surface area contributed by atoms with Gasteiger partial charge < -0.3 is 10.1 Å². The standard InChI is InChI=1S/C16H22N2O3/c1-4-9-17-16(20)18-11(2)10-13(15(19)21-3)12-7-5-6-8-14(12)18/h5-8,11,13H,4,9-10H2,1-3H3,(H,17,20). The lowest BCUT2D eigenvalue weighted by atomic mass is 9.86. The van der Waals surface area contributed by atoms with Crippen LogP contribution in [0.15, 0.2) is 24.3 Å². The minimum Gasteiger partial charge on any atom is -0.469 e. The van der Waals surface area contributed by atoms with E-state index in [0.29, 0.717) is 13.0 Å².